The number of rotatable bonds is 6. The second kappa shape index (κ2) is 10.2. The van der Waals surface area contributed by atoms with Crippen LogP contribution >= 0.6 is 0 Å². The van der Waals surface area contributed by atoms with Crippen molar-refractivity contribution in [3.8, 4) is 5.69 Å². The van der Waals surface area contributed by atoms with Crippen LogP contribution in [0.4, 0.5) is 10.1 Å². The summed E-state index contributed by atoms with van der Waals surface area (Å²) in [4.78, 5) is 29.7. The van der Waals surface area contributed by atoms with E-state index in [1.807, 2.05) is 43.9 Å². The molecule has 178 valence electrons. The Morgan fingerprint density at radius 1 is 1.00 bits per heavy atom. The van der Waals surface area contributed by atoms with Gasteiger partial charge in [-0.3, -0.25) is 14.5 Å². The zero-order valence-electron chi connectivity index (χ0n) is 19.8. The number of anilines is 1. The van der Waals surface area contributed by atoms with Crippen molar-refractivity contribution < 1.29 is 14.0 Å². The molecule has 0 bridgehead atoms. The molecule has 7 nitrogen and oxygen atoms in total. The Hall–Kier alpha value is -3.52. The minimum atomic E-state index is -0.314. The number of hydrogen-bond acceptors (Lipinski definition) is 4. The maximum Gasteiger partial charge on any atom is 0.257 e. The lowest BCUT2D eigenvalue weighted by Crippen LogP contribution is -2.50. The minimum absolute atomic E-state index is 0.0500. The van der Waals surface area contributed by atoms with Gasteiger partial charge in [0.25, 0.3) is 5.91 Å². The molecule has 0 unspecified atom stereocenters. The van der Waals surface area contributed by atoms with E-state index in [0.717, 1.165) is 28.2 Å². The Balaban J connectivity index is 1.36. The number of aromatic nitrogens is 2. The first-order valence-electron chi connectivity index (χ1n) is 11.6. The van der Waals surface area contributed by atoms with Crippen molar-refractivity contribution in [3.63, 3.8) is 0 Å². The number of hydrogen-bond donors (Lipinski definition) is 1. The van der Waals surface area contributed by atoms with Gasteiger partial charge in [0.1, 0.15) is 5.82 Å². The number of carbonyl (C=O) groups excluding carboxylic acids is 2. The molecule has 8 heteroatoms. The summed E-state index contributed by atoms with van der Waals surface area (Å²) in [6.45, 7) is 8.56. The number of aryl methyl sites for hydroxylation is 2. The van der Waals surface area contributed by atoms with E-state index < -0.39 is 0 Å². The van der Waals surface area contributed by atoms with Crippen LogP contribution in [0.1, 0.15) is 34.1 Å². The normalized spacial score (nSPS) is 14.3. The molecule has 0 aliphatic carbocycles. The van der Waals surface area contributed by atoms with Crippen LogP contribution in [0.15, 0.2) is 48.7 Å². The predicted octanol–water partition coefficient (Wildman–Crippen LogP) is 3.59. The van der Waals surface area contributed by atoms with Crippen molar-refractivity contribution in [1.29, 1.82) is 0 Å². The lowest BCUT2D eigenvalue weighted by Gasteiger charge is -2.34. The third-order valence-corrected chi connectivity index (χ3v) is 6.28. The standard InChI is InChI=1S/C26H30FN5O2/c1-4-23-22(16-28-32(23)21-10-8-20(27)9-11-21)26(34)31-14-12-30(13-15-31)17-24(33)29-25-18(2)6-5-7-19(25)3/h5-11,16H,4,12-15,17H2,1-3H3,(H,29,33). The Morgan fingerprint density at radius 3 is 2.26 bits per heavy atom. The highest BCUT2D eigenvalue weighted by Crippen LogP contribution is 2.20. The topological polar surface area (TPSA) is 70.5 Å². The molecule has 2 heterocycles. The van der Waals surface area contributed by atoms with Gasteiger partial charge in [-0.05, 0) is 55.7 Å². The van der Waals surface area contributed by atoms with Crippen molar-refractivity contribution in [2.45, 2.75) is 27.2 Å². The summed E-state index contributed by atoms with van der Waals surface area (Å²) >= 11 is 0. The van der Waals surface area contributed by atoms with Gasteiger partial charge in [-0.15, -0.1) is 0 Å². The highest BCUT2D eigenvalue weighted by atomic mass is 19.1. The molecule has 1 aromatic heterocycles. The summed E-state index contributed by atoms with van der Waals surface area (Å²) in [6.07, 6.45) is 2.21. The van der Waals surface area contributed by atoms with Gasteiger partial charge in [0.15, 0.2) is 0 Å². The third-order valence-electron chi connectivity index (χ3n) is 6.28. The number of halogens is 1. The molecule has 0 atom stereocenters. The molecule has 0 radical (unpaired) electrons. The molecule has 0 spiro atoms. The number of nitrogens with one attached hydrogen (secondary N) is 1. The molecule has 4 rings (SSSR count). The summed E-state index contributed by atoms with van der Waals surface area (Å²) in [5.41, 5.74) is 5.03. The third kappa shape index (κ3) is 5.02. The Bertz CT molecular complexity index is 1160. The van der Waals surface area contributed by atoms with Gasteiger partial charge in [-0.1, -0.05) is 25.1 Å². The van der Waals surface area contributed by atoms with Crippen LogP contribution in [0.25, 0.3) is 5.69 Å². The number of nitrogens with zero attached hydrogens (tertiary/aromatic N) is 4. The molecule has 1 N–H and O–H groups in total. The fraction of sp³-hybridized carbons (Fsp3) is 0.346. The van der Waals surface area contributed by atoms with Gasteiger partial charge in [-0.25, -0.2) is 9.07 Å². The van der Waals surface area contributed by atoms with E-state index in [1.165, 1.54) is 12.1 Å². The number of carbonyl (C=O) groups is 2. The van der Waals surface area contributed by atoms with Gasteiger partial charge >= 0.3 is 0 Å². The molecule has 1 aliphatic rings. The molecule has 1 saturated heterocycles. The molecular weight excluding hydrogens is 433 g/mol. The Labute approximate surface area is 199 Å². The van der Waals surface area contributed by atoms with Gasteiger partial charge in [-0.2, -0.15) is 5.10 Å². The first kappa shape index (κ1) is 23.6. The van der Waals surface area contributed by atoms with E-state index >= 15 is 0 Å². The number of para-hydroxylation sites is 1. The van der Waals surface area contributed by atoms with Crippen molar-refractivity contribution in [2.75, 3.05) is 38.0 Å². The van der Waals surface area contributed by atoms with Gasteiger partial charge in [0.2, 0.25) is 5.91 Å². The van der Waals surface area contributed by atoms with E-state index in [2.05, 4.69) is 15.3 Å². The molecule has 34 heavy (non-hydrogen) atoms. The molecule has 0 saturated carbocycles. The van der Waals surface area contributed by atoms with Crippen LogP contribution in [0, 0.1) is 19.7 Å². The van der Waals surface area contributed by atoms with Crippen molar-refractivity contribution in [3.05, 3.63) is 76.9 Å². The average Bonchev–Trinajstić information content (AvgIpc) is 3.26. The van der Waals surface area contributed by atoms with Crippen LogP contribution in [0.3, 0.4) is 0 Å². The van der Waals surface area contributed by atoms with E-state index in [-0.39, 0.29) is 17.6 Å². The first-order chi connectivity index (χ1) is 16.4. The lowest BCUT2D eigenvalue weighted by atomic mass is 10.1. The van der Waals surface area contributed by atoms with E-state index in [9.17, 15) is 14.0 Å². The van der Waals surface area contributed by atoms with Crippen LogP contribution in [0.2, 0.25) is 0 Å². The van der Waals surface area contributed by atoms with Crippen LogP contribution in [0.5, 0.6) is 0 Å². The predicted molar refractivity (Wildman–Crippen MR) is 130 cm³/mol. The molecule has 1 fully saturated rings. The van der Waals surface area contributed by atoms with Crippen LogP contribution in [-0.4, -0.2) is 64.1 Å². The maximum absolute atomic E-state index is 13.3. The van der Waals surface area contributed by atoms with E-state index in [1.54, 1.807) is 23.0 Å². The van der Waals surface area contributed by atoms with Crippen molar-refractivity contribution in [1.82, 2.24) is 19.6 Å². The van der Waals surface area contributed by atoms with Crippen LogP contribution in [-0.2, 0) is 11.2 Å². The fourth-order valence-corrected chi connectivity index (χ4v) is 4.37. The summed E-state index contributed by atoms with van der Waals surface area (Å²) < 4.78 is 15.0. The average molecular weight is 464 g/mol. The second-order valence-corrected chi connectivity index (χ2v) is 8.63. The van der Waals surface area contributed by atoms with Crippen molar-refractivity contribution in [2.24, 2.45) is 0 Å². The second-order valence-electron chi connectivity index (χ2n) is 8.63. The van der Waals surface area contributed by atoms with E-state index in [4.69, 9.17) is 0 Å². The Kier molecular flexibility index (Phi) is 7.07. The summed E-state index contributed by atoms with van der Waals surface area (Å²) in [7, 11) is 0. The zero-order valence-corrected chi connectivity index (χ0v) is 19.8. The van der Waals surface area contributed by atoms with Gasteiger partial charge in [0.05, 0.1) is 29.7 Å². The molecule has 2 amide bonds. The number of amides is 2. The SMILES string of the molecule is CCc1c(C(=O)N2CCN(CC(=O)Nc3c(C)cccc3C)CC2)cnn1-c1ccc(F)cc1. The highest BCUT2D eigenvalue weighted by molar-refractivity contribution is 5.95. The summed E-state index contributed by atoms with van der Waals surface area (Å²) in [6, 6.07) is 12.0. The first-order valence-corrected chi connectivity index (χ1v) is 11.6. The molecule has 3 aromatic rings. The highest BCUT2D eigenvalue weighted by Gasteiger charge is 2.26. The fourth-order valence-electron chi connectivity index (χ4n) is 4.37. The molecule has 1 aliphatic heterocycles. The number of benzene rings is 2. The van der Waals surface area contributed by atoms with Crippen molar-refractivity contribution >= 4 is 17.5 Å². The largest absolute Gasteiger partial charge is 0.336 e. The Morgan fingerprint density at radius 2 is 1.65 bits per heavy atom. The molecular formula is C26H30FN5O2. The lowest BCUT2D eigenvalue weighted by molar-refractivity contribution is -0.117. The summed E-state index contributed by atoms with van der Waals surface area (Å²) in [5.74, 6) is -0.429. The summed E-state index contributed by atoms with van der Waals surface area (Å²) in [5, 5.41) is 7.42. The van der Waals surface area contributed by atoms with E-state index in [0.29, 0.717) is 44.7 Å². The smallest absolute Gasteiger partial charge is 0.257 e. The maximum atomic E-state index is 13.3. The van der Waals surface area contributed by atoms with Crippen LogP contribution < -0.4 is 5.32 Å². The quantitative estimate of drug-likeness (QED) is 0.607. The minimum Gasteiger partial charge on any atom is -0.336 e. The van der Waals surface area contributed by atoms with Gasteiger partial charge in [0, 0.05) is 31.9 Å². The number of piperazine rings is 1. The monoisotopic (exact) mass is 463 g/mol. The molecule has 2 aromatic carbocycles. The van der Waals surface area contributed by atoms with Gasteiger partial charge < -0.3 is 10.2 Å². The zero-order chi connectivity index (χ0) is 24.2.